The van der Waals surface area contributed by atoms with Crippen molar-refractivity contribution in [2.45, 2.75) is 18.9 Å². The summed E-state index contributed by atoms with van der Waals surface area (Å²) in [5.74, 6) is -0.558. The molecule has 1 aromatic carbocycles. The lowest BCUT2D eigenvalue weighted by molar-refractivity contribution is 0.0940. The summed E-state index contributed by atoms with van der Waals surface area (Å²) >= 11 is 11.9. The van der Waals surface area contributed by atoms with Gasteiger partial charge in [-0.25, -0.2) is 4.98 Å². The molecule has 0 radical (unpaired) electrons. The number of carbonyl (C=O) groups is 2. The lowest BCUT2D eigenvalue weighted by Crippen LogP contribution is -2.27. The van der Waals surface area contributed by atoms with E-state index >= 15 is 0 Å². The highest BCUT2D eigenvalue weighted by Crippen LogP contribution is 2.24. The number of aromatic nitrogens is 2. The maximum atomic E-state index is 12.7. The lowest BCUT2D eigenvalue weighted by atomic mass is 10.3. The third-order valence-corrected chi connectivity index (χ3v) is 4.44. The minimum absolute atomic E-state index is 0.155. The van der Waals surface area contributed by atoms with Crippen molar-refractivity contribution in [1.82, 2.24) is 14.7 Å². The Kier molecular flexibility index (Phi) is 4.30. The van der Waals surface area contributed by atoms with Crippen molar-refractivity contribution in [2.24, 2.45) is 0 Å². The van der Waals surface area contributed by atoms with Crippen molar-refractivity contribution in [3.05, 3.63) is 64.2 Å². The van der Waals surface area contributed by atoms with E-state index in [1.807, 2.05) is 0 Å². The second kappa shape index (κ2) is 6.63. The number of carbonyl (C=O) groups excluding carboxylic acids is 2. The molecule has 0 unspecified atom stereocenters. The van der Waals surface area contributed by atoms with E-state index in [2.05, 4.69) is 15.6 Å². The Morgan fingerprint density at radius 3 is 2.50 bits per heavy atom. The van der Waals surface area contributed by atoms with Crippen molar-refractivity contribution in [1.29, 1.82) is 0 Å². The number of benzene rings is 1. The van der Waals surface area contributed by atoms with Crippen molar-refractivity contribution in [3.8, 4) is 0 Å². The van der Waals surface area contributed by atoms with Crippen LogP contribution in [0, 0.1) is 0 Å². The minimum Gasteiger partial charge on any atom is -0.347 e. The van der Waals surface area contributed by atoms with Crippen LogP contribution in [-0.2, 0) is 0 Å². The zero-order valence-electron chi connectivity index (χ0n) is 13.5. The Bertz CT molecular complexity index is 1010. The predicted molar refractivity (Wildman–Crippen MR) is 100 cm³/mol. The summed E-state index contributed by atoms with van der Waals surface area (Å²) < 4.78 is 1.61. The standard InChI is InChI=1S/C18H14Cl2N4O2/c19-10-7-11(20)9-13(8-10)22-17(25)15-14-3-1-2-6-24(14)16(23-15)18(26)21-12-4-5-12/h1-3,6-9,12H,4-5H2,(H,21,26)(H,22,25). The molecule has 1 saturated carbocycles. The molecule has 1 fully saturated rings. The Hall–Kier alpha value is -2.57. The number of hydrogen-bond acceptors (Lipinski definition) is 3. The van der Waals surface area contributed by atoms with Gasteiger partial charge < -0.3 is 10.6 Å². The highest BCUT2D eigenvalue weighted by molar-refractivity contribution is 6.35. The van der Waals surface area contributed by atoms with E-state index in [4.69, 9.17) is 23.2 Å². The SMILES string of the molecule is O=C(Nc1cc(Cl)cc(Cl)c1)c1nc(C(=O)NC2CC2)n2ccccc12. The Balaban J connectivity index is 1.69. The van der Waals surface area contributed by atoms with Crippen LogP contribution in [0.2, 0.25) is 10.0 Å². The van der Waals surface area contributed by atoms with Gasteiger partial charge in [-0.05, 0) is 43.2 Å². The topological polar surface area (TPSA) is 75.5 Å². The van der Waals surface area contributed by atoms with E-state index < -0.39 is 5.91 Å². The number of imidazole rings is 1. The van der Waals surface area contributed by atoms with Crippen molar-refractivity contribution >= 4 is 46.2 Å². The van der Waals surface area contributed by atoms with Gasteiger partial charge in [0.1, 0.15) is 0 Å². The van der Waals surface area contributed by atoms with Gasteiger partial charge in [0.15, 0.2) is 5.69 Å². The van der Waals surface area contributed by atoms with Gasteiger partial charge in [0.05, 0.1) is 5.52 Å². The maximum absolute atomic E-state index is 12.7. The summed E-state index contributed by atoms with van der Waals surface area (Å²) in [6.07, 6.45) is 3.65. The summed E-state index contributed by atoms with van der Waals surface area (Å²) in [6, 6.07) is 10.2. The van der Waals surface area contributed by atoms with Gasteiger partial charge in [0.25, 0.3) is 11.8 Å². The molecule has 26 heavy (non-hydrogen) atoms. The smallest absolute Gasteiger partial charge is 0.287 e. The average Bonchev–Trinajstić information content (AvgIpc) is 3.31. The Morgan fingerprint density at radius 2 is 1.81 bits per heavy atom. The third-order valence-electron chi connectivity index (χ3n) is 4.00. The van der Waals surface area contributed by atoms with E-state index in [0.717, 1.165) is 12.8 Å². The van der Waals surface area contributed by atoms with Gasteiger partial charge in [-0.3, -0.25) is 14.0 Å². The van der Waals surface area contributed by atoms with Crippen LogP contribution in [-0.4, -0.2) is 27.2 Å². The van der Waals surface area contributed by atoms with Crippen LogP contribution in [0.25, 0.3) is 5.52 Å². The summed E-state index contributed by atoms with van der Waals surface area (Å²) in [7, 11) is 0. The molecule has 0 saturated heterocycles. The molecular formula is C18H14Cl2N4O2. The largest absolute Gasteiger partial charge is 0.347 e. The number of fused-ring (bicyclic) bond motifs is 1. The van der Waals surface area contributed by atoms with E-state index in [1.54, 1.807) is 47.0 Å². The zero-order chi connectivity index (χ0) is 18.3. The third kappa shape index (κ3) is 3.38. The number of halogens is 2. The van der Waals surface area contributed by atoms with Gasteiger partial charge in [-0.1, -0.05) is 29.3 Å². The summed E-state index contributed by atoms with van der Waals surface area (Å²) in [4.78, 5) is 29.4. The predicted octanol–water partition coefficient (Wildman–Crippen LogP) is 3.79. The van der Waals surface area contributed by atoms with Crippen LogP contribution in [0.1, 0.15) is 33.9 Å². The van der Waals surface area contributed by atoms with Crippen LogP contribution in [0.3, 0.4) is 0 Å². The van der Waals surface area contributed by atoms with Crippen LogP contribution < -0.4 is 10.6 Å². The molecule has 4 rings (SSSR count). The fourth-order valence-electron chi connectivity index (χ4n) is 2.66. The second-order valence-electron chi connectivity index (χ2n) is 6.10. The minimum atomic E-state index is -0.447. The van der Waals surface area contributed by atoms with Crippen LogP contribution in [0.4, 0.5) is 5.69 Å². The number of nitrogens with one attached hydrogen (secondary N) is 2. The maximum Gasteiger partial charge on any atom is 0.287 e. The van der Waals surface area contributed by atoms with Crippen LogP contribution >= 0.6 is 23.2 Å². The number of pyridine rings is 1. The number of rotatable bonds is 4. The molecule has 3 aromatic rings. The normalized spacial score (nSPS) is 13.6. The summed E-state index contributed by atoms with van der Waals surface area (Å²) in [5.41, 5.74) is 1.15. The molecule has 2 aromatic heterocycles. The molecule has 6 nitrogen and oxygen atoms in total. The highest BCUT2D eigenvalue weighted by atomic mass is 35.5. The number of nitrogens with zero attached hydrogens (tertiary/aromatic N) is 2. The molecule has 0 spiro atoms. The molecule has 0 atom stereocenters. The first-order valence-corrected chi connectivity index (χ1v) is 8.82. The fraction of sp³-hybridized carbons (Fsp3) is 0.167. The van der Waals surface area contributed by atoms with Gasteiger partial charge in [-0.15, -0.1) is 0 Å². The molecule has 1 aliphatic carbocycles. The molecule has 8 heteroatoms. The molecule has 1 aliphatic rings. The second-order valence-corrected chi connectivity index (χ2v) is 6.97. The molecule has 0 aliphatic heterocycles. The van der Waals surface area contributed by atoms with Gasteiger partial charge in [0, 0.05) is 28.0 Å². The number of hydrogen-bond donors (Lipinski definition) is 2. The molecule has 0 bridgehead atoms. The fourth-order valence-corrected chi connectivity index (χ4v) is 3.19. The average molecular weight is 389 g/mol. The molecule has 2 amide bonds. The van der Waals surface area contributed by atoms with Crippen molar-refractivity contribution in [3.63, 3.8) is 0 Å². The van der Waals surface area contributed by atoms with E-state index in [-0.39, 0.29) is 23.5 Å². The van der Waals surface area contributed by atoms with Gasteiger partial charge in [-0.2, -0.15) is 0 Å². The first kappa shape index (κ1) is 16.9. The lowest BCUT2D eigenvalue weighted by Gasteiger charge is -2.05. The summed E-state index contributed by atoms with van der Waals surface area (Å²) in [6.45, 7) is 0. The Labute approximate surface area is 159 Å². The first-order valence-electron chi connectivity index (χ1n) is 8.06. The van der Waals surface area contributed by atoms with Gasteiger partial charge in [0.2, 0.25) is 5.82 Å². The highest BCUT2D eigenvalue weighted by Gasteiger charge is 2.27. The molecule has 2 N–H and O–H groups in total. The zero-order valence-corrected chi connectivity index (χ0v) is 15.0. The van der Waals surface area contributed by atoms with Crippen LogP contribution in [0.15, 0.2) is 42.6 Å². The van der Waals surface area contributed by atoms with Gasteiger partial charge >= 0.3 is 0 Å². The first-order chi connectivity index (χ1) is 12.5. The Morgan fingerprint density at radius 1 is 1.08 bits per heavy atom. The monoisotopic (exact) mass is 388 g/mol. The van der Waals surface area contributed by atoms with E-state index in [9.17, 15) is 9.59 Å². The van der Waals surface area contributed by atoms with Crippen molar-refractivity contribution in [2.75, 3.05) is 5.32 Å². The van der Waals surface area contributed by atoms with E-state index in [1.165, 1.54) is 0 Å². The quantitative estimate of drug-likeness (QED) is 0.713. The molecule has 132 valence electrons. The van der Waals surface area contributed by atoms with E-state index in [0.29, 0.717) is 21.2 Å². The van der Waals surface area contributed by atoms with Crippen LogP contribution in [0.5, 0.6) is 0 Å². The molecule has 2 heterocycles. The molecular weight excluding hydrogens is 375 g/mol. The number of amides is 2. The van der Waals surface area contributed by atoms with Crippen molar-refractivity contribution < 1.29 is 9.59 Å². The number of anilines is 1. The summed E-state index contributed by atoms with van der Waals surface area (Å²) in [5, 5.41) is 6.43.